The number of hydrogen-bond acceptors (Lipinski definition) is 4. The molecule has 1 fully saturated rings. The fourth-order valence-electron chi connectivity index (χ4n) is 3.57. The number of benzene rings is 1. The largest absolute Gasteiger partial charge is 0.333 e. The van der Waals surface area contributed by atoms with Crippen LogP contribution in [0.4, 0.5) is 0 Å². The summed E-state index contributed by atoms with van der Waals surface area (Å²) in [6.07, 6.45) is 1.97. The highest BCUT2D eigenvalue weighted by Crippen LogP contribution is 2.34. The van der Waals surface area contributed by atoms with Gasteiger partial charge in [-0.3, -0.25) is 9.59 Å². The smallest absolute Gasteiger partial charge is 0.275 e. The predicted molar refractivity (Wildman–Crippen MR) is 98.7 cm³/mol. The van der Waals surface area contributed by atoms with Crippen LogP contribution in [0.2, 0.25) is 0 Å². The number of likely N-dealkylation sites (tertiary alicyclic amines) is 1. The van der Waals surface area contributed by atoms with E-state index in [-0.39, 0.29) is 24.1 Å². The van der Waals surface area contributed by atoms with E-state index in [0.29, 0.717) is 5.39 Å². The second-order valence-corrected chi connectivity index (χ2v) is 7.33. The molecule has 1 aliphatic heterocycles. The zero-order valence-electron chi connectivity index (χ0n) is 14.0. The summed E-state index contributed by atoms with van der Waals surface area (Å²) in [7, 11) is 0. The van der Waals surface area contributed by atoms with Crippen molar-refractivity contribution in [3.63, 3.8) is 0 Å². The lowest BCUT2D eigenvalue weighted by Crippen LogP contribution is -2.37. The number of aryl methyl sites for hydroxylation is 1. The van der Waals surface area contributed by atoms with Crippen LogP contribution in [0.5, 0.6) is 0 Å². The molecule has 3 aromatic rings. The molecule has 0 aliphatic carbocycles. The van der Waals surface area contributed by atoms with Gasteiger partial charge in [-0.05, 0) is 37.3 Å². The Kier molecular flexibility index (Phi) is 4.13. The van der Waals surface area contributed by atoms with Crippen LogP contribution in [0.1, 0.15) is 29.5 Å². The molecule has 1 saturated heterocycles. The van der Waals surface area contributed by atoms with E-state index < -0.39 is 0 Å². The minimum absolute atomic E-state index is 0.00756. The van der Waals surface area contributed by atoms with Crippen LogP contribution in [0.15, 0.2) is 46.6 Å². The lowest BCUT2D eigenvalue weighted by atomic mass is 10.1. The molecular formula is C19H19N3O2S. The van der Waals surface area contributed by atoms with Gasteiger partial charge in [-0.1, -0.05) is 24.3 Å². The van der Waals surface area contributed by atoms with Gasteiger partial charge in [-0.15, -0.1) is 11.3 Å². The molecule has 0 radical (unpaired) electrons. The molecule has 0 unspecified atom stereocenters. The quantitative estimate of drug-likeness (QED) is 0.727. The summed E-state index contributed by atoms with van der Waals surface area (Å²) in [5, 5.41) is 7.85. The normalized spacial score (nSPS) is 17.3. The average Bonchev–Trinajstić information content (AvgIpc) is 3.30. The Morgan fingerprint density at radius 3 is 2.80 bits per heavy atom. The number of hydrogen-bond donors (Lipinski definition) is 0. The Balaban J connectivity index is 1.64. The Hall–Kier alpha value is -2.47. The number of amides is 1. The minimum atomic E-state index is -0.207. The highest BCUT2D eigenvalue weighted by molar-refractivity contribution is 7.10. The van der Waals surface area contributed by atoms with Gasteiger partial charge in [0.25, 0.3) is 5.56 Å². The van der Waals surface area contributed by atoms with Crippen LogP contribution in [0, 0.1) is 6.92 Å². The van der Waals surface area contributed by atoms with E-state index in [1.807, 2.05) is 41.5 Å². The molecule has 1 aliphatic rings. The van der Waals surface area contributed by atoms with Crippen LogP contribution in [-0.4, -0.2) is 27.1 Å². The standard InChI is InChI=1S/C19H19N3O2S/c1-13-14-6-2-3-7-15(14)19(24)22(20-13)12-18(23)21-10-4-8-16(21)17-9-5-11-25-17/h2-3,5-7,9,11,16H,4,8,10,12H2,1H3/t16-/m0/s1. The van der Waals surface area contributed by atoms with Crippen LogP contribution >= 0.6 is 11.3 Å². The monoisotopic (exact) mass is 353 g/mol. The third kappa shape index (κ3) is 2.87. The molecule has 1 aromatic carbocycles. The molecular weight excluding hydrogens is 334 g/mol. The maximum Gasteiger partial charge on any atom is 0.275 e. The van der Waals surface area contributed by atoms with Crippen LogP contribution < -0.4 is 5.56 Å². The first-order valence-electron chi connectivity index (χ1n) is 8.44. The molecule has 1 amide bonds. The zero-order chi connectivity index (χ0) is 17.4. The van der Waals surface area contributed by atoms with Crippen molar-refractivity contribution in [2.75, 3.05) is 6.54 Å². The Morgan fingerprint density at radius 2 is 2.04 bits per heavy atom. The number of carbonyl (C=O) groups is 1. The van der Waals surface area contributed by atoms with E-state index in [0.717, 1.165) is 30.5 Å². The fourth-order valence-corrected chi connectivity index (χ4v) is 4.45. The second kappa shape index (κ2) is 6.44. The third-order valence-electron chi connectivity index (χ3n) is 4.78. The third-order valence-corrected chi connectivity index (χ3v) is 5.76. The van der Waals surface area contributed by atoms with Gasteiger partial charge >= 0.3 is 0 Å². The van der Waals surface area contributed by atoms with Crippen LogP contribution in [-0.2, 0) is 11.3 Å². The number of thiophene rings is 1. The first-order chi connectivity index (χ1) is 12.1. The fraction of sp³-hybridized carbons (Fsp3) is 0.316. The molecule has 0 N–H and O–H groups in total. The molecule has 1 atom stereocenters. The molecule has 128 valence electrons. The van der Waals surface area contributed by atoms with E-state index in [2.05, 4.69) is 11.2 Å². The molecule has 3 heterocycles. The van der Waals surface area contributed by atoms with Crippen molar-refractivity contribution >= 4 is 28.0 Å². The van der Waals surface area contributed by atoms with Crippen molar-refractivity contribution in [1.82, 2.24) is 14.7 Å². The van der Waals surface area contributed by atoms with Crippen molar-refractivity contribution < 1.29 is 4.79 Å². The van der Waals surface area contributed by atoms with Crippen molar-refractivity contribution in [1.29, 1.82) is 0 Å². The van der Waals surface area contributed by atoms with Crippen molar-refractivity contribution in [3.8, 4) is 0 Å². The topological polar surface area (TPSA) is 55.2 Å². The van der Waals surface area contributed by atoms with E-state index in [1.165, 1.54) is 9.56 Å². The van der Waals surface area contributed by atoms with E-state index in [9.17, 15) is 9.59 Å². The maximum absolute atomic E-state index is 12.9. The molecule has 0 bridgehead atoms. The van der Waals surface area contributed by atoms with Gasteiger partial charge in [0.1, 0.15) is 6.54 Å². The Bertz CT molecular complexity index is 978. The lowest BCUT2D eigenvalue weighted by Gasteiger charge is -2.24. The van der Waals surface area contributed by atoms with Crippen molar-refractivity contribution in [3.05, 3.63) is 62.7 Å². The SMILES string of the molecule is Cc1nn(CC(=O)N2CCC[C@H]2c2cccs2)c(=O)c2ccccc12. The molecule has 4 rings (SSSR count). The highest BCUT2D eigenvalue weighted by atomic mass is 32.1. The summed E-state index contributed by atoms with van der Waals surface area (Å²) in [6, 6.07) is 11.6. The summed E-state index contributed by atoms with van der Waals surface area (Å²) in [6.45, 7) is 2.60. The summed E-state index contributed by atoms with van der Waals surface area (Å²) in [5.41, 5.74) is 0.556. The van der Waals surface area contributed by atoms with Crippen molar-refractivity contribution in [2.24, 2.45) is 0 Å². The number of carbonyl (C=O) groups excluding carboxylic acids is 1. The van der Waals surface area contributed by atoms with Gasteiger partial charge in [0.2, 0.25) is 5.91 Å². The molecule has 6 heteroatoms. The summed E-state index contributed by atoms with van der Waals surface area (Å²) >= 11 is 1.68. The van der Waals surface area contributed by atoms with E-state index in [4.69, 9.17) is 0 Å². The minimum Gasteiger partial charge on any atom is -0.333 e. The van der Waals surface area contributed by atoms with Crippen LogP contribution in [0.25, 0.3) is 10.8 Å². The first kappa shape index (κ1) is 16.0. The Morgan fingerprint density at radius 1 is 1.24 bits per heavy atom. The van der Waals surface area contributed by atoms with E-state index >= 15 is 0 Å². The van der Waals surface area contributed by atoms with Gasteiger partial charge in [-0.2, -0.15) is 5.10 Å². The summed E-state index contributed by atoms with van der Waals surface area (Å²) < 4.78 is 1.31. The molecule has 0 spiro atoms. The Labute approximate surface area is 149 Å². The number of fused-ring (bicyclic) bond motifs is 1. The highest BCUT2D eigenvalue weighted by Gasteiger charge is 2.30. The van der Waals surface area contributed by atoms with Gasteiger partial charge in [0, 0.05) is 16.8 Å². The first-order valence-corrected chi connectivity index (χ1v) is 9.32. The molecule has 25 heavy (non-hydrogen) atoms. The number of nitrogens with zero attached hydrogens (tertiary/aromatic N) is 3. The number of aromatic nitrogens is 2. The maximum atomic E-state index is 12.9. The predicted octanol–water partition coefficient (Wildman–Crippen LogP) is 3.13. The lowest BCUT2D eigenvalue weighted by molar-refractivity contribution is -0.133. The van der Waals surface area contributed by atoms with Gasteiger partial charge in [0.15, 0.2) is 0 Å². The van der Waals surface area contributed by atoms with Crippen molar-refractivity contribution in [2.45, 2.75) is 32.4 Å². The van der Waals surface area contributed by atoms with Crippen LogP contribution in [0.3, 0.4) is 0 Å². The van der Waals surface area contributed by atoms with E-state index in [1.54, 1.807) is 17.4 Å². The van der Waals surface area contributed by atoms with Gasteiger partial charge in [0.05, 0.1) is 17.1 Å². The molecule has 2 aromatic heterocycles. The molecule has 0 saturated carbocycles. The van der Waals surface area contributed by atoms with Gasteiger partial charge in [-0.25, -0.2) is 4.68 Å². The number of rotatable bonds is 3. The van der Waals surface area contributed by atoms with Gasteiger partial charge < -0.3 is 4.90 Å². The zero-order valence-corrected chi connectivity index (χ0v) is 14.8. The summed E-state index contributed by atoms with van der Waals surface area (Å²) in [5.74, 6) is -0.0415. The molecule has 5 nitrogen and oxygen atoms in total. The second-order valence-electron chi connectivity index (χ2n) is 6.35. The summed E-state index contributed by atoms with van der Waals surface area (Å²) in [4.78, 5) is 28.6. The average molecular weight is 353 g/mol.